The van der Waals surface area contributed by atoms with E-state index in [4.69, 9.17) is 39.5 Å². The Morgan fingerprint density at radius 2 is 1.63 bits per heavy atom. The van der Waals surface area contributed by atoms with Crippen LogP contribution in [0.25, 0.3) is 11.1 Å². The quantitative estimate of drug-likeness (QED) is 0.822. The van der Waals surface area contributed by atoms with Gasteiger partial charge in [0.2, 0.25) is 0 Å². The van der Waals surface area contributed by atoms with Gasteiger partial charge in [0.15, 0.2) is 0 Å². The number of ether oxygens (including phenoxy) is 1. The van der Waals surface area contributed by atoms with Crippen molar-refractivity contribution in [2.24, 2.45) is 0 Å². The zero-order valence-corrected chi connectivity index (χ0v) is 12.7. The fraction of sp³-hybridized carbons (Fsp3) is 0.143. The SMILES string of the molecule is CNc1cc(-c2cc(Cl)ccc2Cl)c(Cl)cc1OC. The molecule has 0 unspecified atom stereocenters. The molecule has 0 bridgehead atoms. The van der Waals surface area contributed by atoms with Gasteiger partial charge in [0, 0.05) is 34.3 Å². The average Bonchev–Trinajstić information content (AvgIpc) is 2.41. The van der Waals surface area contributed by atoms with Crippen LogP contribution in [0, 0.1) is 0 Å². The minimum Gasteiger partial charge on any atom is -0.495 e. The van der Waals surface area contributed by atoms with Crippen LogP contribution in [0.15, 0.2) is 30.3 Å². The third kappa shape index (κ3) is 2.92. The number of rotatable bonds is 3. The topological polar surface area (TPSA) is 21.3 Å². The van der Waals surface area contributed by atoms with Crippen LogP contribution in [0.5, 0.6) is 5.75 Å². The molecule has 2 rings (SSSR count). The van der Waals surface area contributed by atoms with E-state index in [1.54, 1.807) is 31.4 Å². The van der Waals surface area contributed by atoms with E-state index >= 15 is 0 Å². The van der Waals surface area contributed by atoms with Crippen molar-refractivity contribution in [3.8, 4) is 16.9 Å². The van der Waals surface area contributed by atoms with Crippen molar-refractivity contribution in [1.82, 2.24) is 0 Å². The first-order chi connectivity index (χ1) is 9.06. The van der Waals surface area contributed by atoms with Crippen molar-refractivity contribution in [3.63, 3.8) is 0 Å². The molecule has 0 aliphatic rings. The number of benzene rings is 2. The Morgan fingerprint density at radius 1 is 0.947 bits per heavy atom. The zero-order chi connectivity index (χ0) is 14.0. The molecule has 2 nitrogen and oxygen atoms in total. The van der Waals surface area contributed by atoms with E-state index in [-0.39, 0.29) is 0 Å². The van der Waals surface area contributed by atoms with Crippen molar-refractivity contribution < 1.29 is 4.74 Å². The standard InChI is InChI=1S/C14H12Cl3NO/c1-18-13-6-10(12(17)7-14(13)19-2)9-5-8(15)3-4-11(9)16/h3-7,18H,1-2H3. The molecule has 0 radical (unpaired) electrons. The minimum atomic E-state index is 0.556. The summed E-state index contributed by atoms with van der Waals surface area (Å²) < 4.78 is 5.26. The summed E-state index contributed by atoms with van der Waals surface area (Å²) in [4.78, 5) is 0. The molecule has 0 aromatic heterocycles. The molecule has 0 aliphatic carbocycles. The highest BCUT2D eigenvalue weighted by atomic mass is 35.5. The van der Waals surface area contributed by atoms with Gasteiger partial charge < -0.3 is 10.1 Å². The second-order valence-corrected chi connectivity index (χ2v) is 5.16. The highest BCUT2D eigenvalue weighted by Gasteiger charge is 2.13. The number of methoxy groups -OCH3 is 1. The molecule has 0 heterocycles. The maximum absolute atomic E-state index is 6.29. The second kappa shape index (κ2) is 5.91. The minimum absolute atomic E-state index is 0.556. The average molecular weight is 317 g/mol. The molecule has 0 atom stereocenters. The lowest BCUT2D eigenvalue weighted by Gasteiger charge is -2.13. The number of anilines is 1. The van der Waals surface area contributed by atoms with Crippen LogP contribution in [-0.2, 0) is 0 Å². The molecular weight excluding hydrogens is 305 g/mol. The summed E-state index contributed by atoms with van der Waals surface area (Å²) >= 11 is 18.5. The molecule has 5 heteroatoms. The Kier molecular flexibility index (Phi) is 4.46. The van der Waals surface area contributed by atoms with Gasteiger partial charge in [-0.1, -0.05) is 34.8 Å². The molecule has 0 amide bonds. The maximum atomic E-state index is 6.29. The predicted molar refractivity (Wildman–Crippen MR) is 83.0 cm³/mol. The van der Waals surface area contributed by atoms with E-state index < -0.39 is 0 Å². The fourth-order valence-electron chi connectivity index (χ4n) is 1.83. The molecule has 19 heavy (non-hydrogen) atoms. The van der Waals surface area contributed by atoms with Crippen LogP contribution in [-0.4, -0.2) is 14.2 Å². The normalized spacial score (nSPS) is 10.4. The van der Waals surface area contributed by atoms with Gasteiger partial charge in [0.1, 0.15) is 5.75 Å². The molecule has 2 aromatic rings. The summed E-state index contributed by atoms with van der Waals surface area (Å²) in [6.45, 7) is 0. The molecular formula is C14H12Cl3NO. The maximum Gasteiger partial charge on any atom is 0.143 e. The van der Waals surface area contributed by atoms with Gasteiger partial charge in [-0.15, -0.1) is 0 Å². The molecule has 0 aliphatic heterocycles. The van der Waals surface area contributed by atoms with Crippen molar-refractivity contribution in [2.45, 2.75) is 0 Å². The summed E-state index contributed by atoms with van der Waals surface area (Å²) in [5.41, 5.74) is 2.43. The number of hydrogen-bond donors (Lipinski definition) is 1. The first kappa shape index (κ1) is 14.3. The van der Waals surface area contributed by atoms with Crippen LogP contribution in [0.4, 0.5) is 5.69 Å². The van der Waals surface area contributed by atoms with Crippen LogP contribution >= 0.6 is 34.8 Å². The van der Waals surface area contributed by atoms with E-state index in [2.05, 4.69) is 5.32 Å². The monoisotopic (exact) mass is 315 g/mol. The lowest BCUT2D eigenvalue weighted by atomic mass is 10.0. The van der Waals surface area contributed by atoms with Gasteiger partial charge in [0.25, 0.3) is 0 Å². The molecule has 2 aromatic carbocycles. The van der Waals surface area contributed by atoms with Gasteiger partial charge in [-0.3, -0.25) is 0 Å². The van der Waals surface area contributed by atoms with Crippen LogP contribution < -0.4 is 10.1 Å². The lowest BCUT2D eigenvalue weighted by Crippen LogP contribution is -1.95. The second-order valence-electron chi connectivity index (χ2n) is 3.91. The van der Waals surface area contributed by atoms with E-state index in [1.165, 1.54) is 0 Å². The zero-order valence-electron chi connectivity index (χ0n) is 10.4. The Morgan fingerprint density at radius 3 is 2.26 bits per heavy atom. The lowest BCUT2D eigenvalue weighted by molar-refractivity contribution is 0.417. The van der Waals surface area contributed by atoms with E-state index in [1.807, 2.05) is 13.1 Å². The predicted octanol–water partition coefficient (Wildman–Crippen LogP) is 5.36. The summed E-state index contributed by atoms with van der Waals surface area (Å²) in [5, 5.41) is 4.82. The molecule has 0 fully saturated rings. The summed E-state index contributed by atoms with van der Waals surface area (Å²) in [6, 6.07) is 8.91. The summed E-state index contributed by atoms with van der Waals surface area (Å²) in [6.07, 6.45) is 0. The van der Waals surface area contributed by atoms with Gasteiger partial charge >= 0.3 is 0 Å². The molecule has 100 valence electrons. The first-order valence-corrected chi connectivity index (χ1v) is 6.71. The summed E-state index contributed by atoms with van der Waals surface area (Å²) in [5.74, 6) is 0.675. The third-order valence-corrected chi connectivity index (χ3v) is 3.65. The van der Waals surface area contributed by atoms with Crippen LogP contribution in [0.1, 0.15) is 0 Å². The number of hydrogen-bond acceptors (Lipinski definition) is 2. The molecule has 0 spiro atoms. The van der Waals surface area contributed by atoms with Crippen molar-refractivity contribution in [3.05, 3.63) is 45.4 Å². The van der Waals surface area contributed by atoms with Gasteiger partial charge in [0.05, 0.1) is 17.8 Å². The first-order valence-electron chi connectivity index (χ1n) is 5.57. The van der Waals surface area contributed by atoms with E-state index in [0.29, 0.717) is 20.8 Å². The smallest absolute Gasteiger partial charge is 0.143 e. The van der Waals surface area contributed by atoms with Crippen molar-refractivity contribution in [2.75, 3.05) is 19.5 Å². The van der Waals surface area contributed by atoms with E-state index in [9.17, 15) is 0 Å². The summed E-state index contributed by atoms with van der Waals surface area (Å²) in [7, 11) is 3.41. The van der Waals surface area contributed by atoms with Crippen LogP contribution in [0.2, 0.25) is 15.1 Å². The van der Waals surface area contributed by atoms with Crippen molar-refractivity contribution >= 4 is 40.5 Å². The van der Waals surface area contributed by atoms with E-state index in [0.717, 1.165) is 16.8 Å². The Bertz CT molecular complexity index is 614. The van der Waals surface area contributed by atoms with Crippen LogP contribution in [0.3, 0.4) is 0 Å². The van der Waals surface area contributed by atoms with Crippen molar-refractivity contribution in [1.29, 1.82) is 0 Å². The third-order valence-electron chi connectivity index (χ3n) is 2.78. The largest absolute Gasteiger partial charge is 0.495 e. The van der Waals surface area contributed by atoms with Gasteiger partial charge in [-0.05, 0) is 24.3 Å². The Balaban J connectivity index is 2.65. The highest BCUT2D eigenvalue weighted by Crippen LogP contribution is 2.40. The Hall–Kier alpha value is -1.09. The molecule has 1 N–H and O–H groups in total. The van der Waals surface area contributed by atoms with Gasteiger partial charge in [-0.25, -0.2) is 0 Å². The van der Waals surface area contributed by atoms with Gasteiger partial charge in [-0.2, -0.15) is 0 Å². The number of halogens is 3. The molecule has 0 saturated heterocycles. The Labute approximate surface area is 127 Å². The highest BCUT2D eigenvalue weighted by molar-refractivity contribution is 6.37. The fourth-order valence-corrected chi connectivity index (χ4v) is 2.48. The number of nitrogens with one attached hydrogen (secondary N) is 1. The molecule has 0 saturated carbocycles.